The Balaban J connectivity index is 2.18. The number of benzene rings is 2. The van der Waals surface area contributed by atoms with Gasteiger partial charge in [-0.3, -0.25) is 0 Å². The van der Waals surface area contributed by atoms with Crippen molar-refractivity contribution in [2.45, 2.75) is 6.92 Å². The van der Waals surface area contributed by atoms with Crippen LogP contribution < -0.4 is 5.46 Å². The van der Waals surface area contributed by atoms with E-state index in [9.17, 15) is 0 Å². The molecule has 1 aromatic heterocycles. The molecule has 0 aliphatic rings. The standard InChI is InChI=1S/C14H12BNO/c1-9-3-2-4-10(7-9)14-16-12-8-11(15)5-6-13(12)17-14/h2-8H,15H2,1H3. The van der Waals surface area contributed by atoms with E-state index in [4.69, 9.17) is 4.42 Å². The molecule has 3 heteroatoms. The van der Waals surface area contributed by atoms with E-state index in [1.165, 1.54) is 11.0 Å². The molecule has 0 unspecified atom stereocenters. The monoisotopic (exact) mass is 221 g/mol. The predicted molar refractivity (Wildman–Crippen MR) is 72.4 cm³/mol. The molecule has 0 aliphatic heterocycles. The maximum atomic E-state index is 5.75. The second-order valence-electron chi connectivity index (χ2n) is 4.36. The number of aryl methyl sites for hydroxylation is 1. The Morgan fingerprint density at radius 2 is 2.00 bits per heavy atom. The van der Waals surface area contributed by atoms with Gasteiger partial charge in [0.15, 0.2) is 5.58 Å². The van der Waals surface area contributed by atoms with Crippen LogP contribution in [0.1, 0.15) is 5.56 Å². The summed E-state index contributed by atoms with van der Waals surface area (Å²) in [6.07, 6.45) is 0. The molecule has 0 spiro atoms. The molecule has 0 N–H and O–H groups in total. The Bertz CT molecular complexity index is 688. The van der Waals surface area contributed by atoms with E-state index < -0.39 is 0 Å². The summed E-state index contributed by atoms with van der Waals surface area (Å²) in [5, 5.41) is 0. The fourth-order valence-electron chi connectivity index (χ4n) is 1.94. The topological polar surface area (TPSA) is 26.0 Å². The van der Waals surface area contributed by atoms with Crippen molar-refractivity contribution in [2.24, 2.45) is 0 Å². The summed E-state index contributed by atoms with van der Waals surface area (Å²) < 4.78 is 5.75. The summed E-state index contributed by atoms with van der Waals surface area (Å²) in [6.45, 7) is 2.07. The molecule has 0 bridgehead atoms. The Morgan fingerprint density at radius 1 is 1.12 bits per heavy atom. The van der Waals surface area contributed by atoms with Crippen LogP contribution in [0.5, 0.6) is 0 Å². The molecule has 0 atom stereocenters. The molecule has 0 amide bonds. The zero-order chi connectivity index (χ0) is 11.8. The van der Waals surface area contributed by atoms with Gasteiger partial charge in [-0.25, -0.2) is 4.98 Å². The highest BCUT2D eigenvalue weighted by molar-refractivity contribution is 6.33. The first kappa shape index (κ1) is 10.1. The van der Waals surface area contributed by atoms with Crippen molar-refractivity contribution in [3.8, 4) is 11.5 Å². The number of oxazole rings is 1. The van der Waals surface area contributed by atoms with Gasteiger partial charge in [0.25, 0.3) is 0 Å². The minimum Gasteiger partial charge on any atom is -0.436 e. The Morgan fingerprint density at radius 3 is 2.82 bits per heavy atom. The Kier molecular flexibility index (Phi) is 2.25. The van der Waals surface area contributed by atoms with Crippen LogP contribution in [0, 0.1) is 6.92 Å². The molecule has 0 radical (unpaired) electrons. The highest BCUT2D eigenvalue weighted by Gasteiger charge is 2.07. The quantitative estimate of drug-likeness (QED) is 0.588. The summed E-state index contributed by atoms with van der Waals surface area (Å²) in [6, 6.07) is 14.2. The molecule has 2 nitrogen and oxygen atoms in total. The maximum Gasteiger partial charge on any atom is 0.227 e. The lowest BCUT2D eigenvalue weighted by molar-refractivity contribution is 0.620. The van der Waals surface area contributed by atoms with Crippen molar-refractivity contribution in [1.29, 1.82) is 0 Å². The van der Waals surface area contributed by atoms with Crippen LogP contribution in [0.25, 0.3) is 22.6 Å². The van der Waals surface area contributed by atoms with Gasteiger partial charge in [-0.1, -0.05) is 29.2 Å². The van der Waals surface area contributed by atoms with E-state index in [0.29, 0.717) is 5.89 Å². The molecule has 2 aromatic carbocycles. The van der Waals surface area contributed by atoms with E-state index >= 15 is 0 Å². The number of hydrogen-bond acceptors (Lipinski definition) is 2. The second kappa shape index (κ2) is 3.77. The lowest BCUT2D eigenvalue weighted by Gasteiger charge is -1.95. The predicted octanol–water partition coefficient (Wildman–Crippen LogP) is 2.06. The highest BCUT2D eigenvalue weighted by atomic mass is 16.3. The first-order chi connectivity index (χ1) is 8.22. The summed E-state index contributed by atoms with van der Waals surface area (Å²) in [4.78, 5) is 4.52. The fourth-order valence-corrected chi connectivity index (χ4v) is 1.94. The van der Waals surface area contributed by atoms with Gasteiger partial charge < -0.3 is 4.42 Å². The Labute approximate surface area is 101 Å². The minimum absolute atomic E-state index is 0.689. The average Bonchev–Trinajstić information content (AvgIpc) is 2.72. The zero-order valence-electron chi connectivity index (χ0n) is 9.90. The molecule has 0 saturated heterocycles. The van der Waals surface area contributed by atoms with Crippen LogP contribution in [-0.4, -0.2) is 12.8 Å². The molecule has 0 fully saturated rings. The van der Waals surface area contributed by atoms with Gasteiger partial charge in [0, 0.05) is 5.56 Å². The van der Waals surface area contributed by atoms with Crippen LogP contribution in [0.2, 0.25) is 0 Å². The number of rotatable bonds is 1. The van der Waals surface area contributed by atoms with E-state index in [0.717, 1.165) is 16.7 Å². The molecule has 0 saturated carbocycles. The van der Waals surface area contributed by atoms with E-state index in [-0.39, 0.29) is 0 Å². The fraction of sp³-hybridized carbons (Fsp3) is 0.0714. The second-order valence-corrected chi connectivity index (χ2v) is 4.36. The summed E-state index contributed by atoms with van der Waals surface area (Å²) in [7, 11) is 2.06. The van der Waals surface area contributed by atoms with Crippen molar-refractivity contribution >= 4 is 24.4 Å². The third-order valence-electron chi connectivity index (χ3n) is 2.81. The minimum atomic E-state index is 0.689. The summed E-state index contributed by atoms with van der Waals surface area (Å²) in [5.74, 6) is 0.689. The lowest BCUT2D eigenvalue weighted by Crippen LogP contribution is -1.98. The first-order valence-corrected chi connectivity index (χ1v) is 5.66. The number of fused-ring (bicyclic) bond motifs is 1. The molecule has 82 valence electrons. The first-order valence-electron chi connectivity index (χ1n) is 5.66. The highest BCUT2D eigenvalue weighted by Crippen LogP contribution is 2.23. The van der Waals surface area contributed by atoms with Crippen molar-refractivity contribution in [3.05, 3.63) is 48.0 Å². The third-order valence-corrected chi connectivity index (χ3v) is 2.81. The zero-order valence-corrected chi connectivity index (χ0v) is 9.90. The van der Waals surface area contributed by atoms with Crippen LogP contribution in [0.4, 0.5) is 0 Å². The molecular formula is C14H12BNO. The Hall–Kier alpha value is -2.03. The molecule has 17 heavy (non-hydrogen) atoms. The number of aromatic nitrogens is 1. The summed E-state index contributed by atoms with van der Waals surface area (Å²) >= 11 is 0. The molecule has 0 aliphatic carbocycles. The molecule has 3 rings (SSSR count). The van der Waals surface area contributed by atoms with Crippen molar-refractivity contribution in [2.75, 3.05) is 0 Å². The van der Waals surface area contributed by atoms with E-state index in [2.05, 4.69) is 31.9 Å². The SMILES string of the molecule is Bc1ccc2oc(-c3cccc(C)c3)nc2c1. The normalized spacial score (nSPS) is 10.9. The van der Waals surface area contributed by atoms with Crippen molar-refractivity contribution in [1.82, 2.24) is 4.98 Å². The van der Waals surface area contributed by atoms with Crippen LogP contribution >= 0.6 is 0 Å². The van der Waals surface area contributed by atoms with Crippen LogP contribution in [0.3, 0.4) is 0 Å². The van der Waals surface area contributed by atoms with Crippen LogP contribution in [-0.2, 0) is 0 Å². The van der Waals surface area contributed by atoms with E-state index in [1.807, 2.05) is 30.3 Å². The van der Waals surface area contributed by atoms with Gasteiger partial charge in [-0.15, -0.1) is 0 Å². The smallest absolute Gasteiger partial charge is 0.227 e. The molecule has 3 aromatic rings. The van der Waals surface area contributed by atoms with Crippen LogP contribution in [0.15, 0.2) is 46.9 Å². The largest absolute Gasteiger partial charge is 0.436 e. The third kappa shape index (κ3) is 1.84. The number of nitrogens with zero attached hydrogens (tertiary/aromatic N) is 1. The van der Waals surface area contributed by atoms with Gasteiger partial charge >= 0.3 is 0 Å². The molecular weight excluding hydrogens is 209 g/mol. The van der Waals surface area contributed by atoms with E-state index in [1.54, 1.807) is 0 Å². The maximum absolute atomic E-state index is 5.75. The van der Waals surface area contributed by atoms with Gasteiger partial charge in [-0.2, -0.15) is 0 Å². The average molecular weight is 221 g/mol. The van der Waals surface area contributed by atoms with Gasteiger partial charge in [0.1, 0.15) is 13.4 Å². The number of hydrogen-bond donors (Lipinski definition) is 0. The van der Waals surface area contributed by atoms with Gasteiger partial charge in [0.05, 0.1) is 0 Å². The van der Waals surface area contributed by atoms with Crippen molar-refractivity contribution in [3.63, 3.8) is 0 Å². The lowest BCUT2D eigenvalue weighted by atomic mass is 9.96. The van der Waals surface area contributed by atoms with Gasteiger partial charge in [0.2, 0.25) is 5.89 Å². The van der Waals surface area contributed by atoms with Crippen molar-refractivity contribution < 1.29 is 4.42 Å². The molecule has 1 heterocycles. The van der Waals surface area contributed by atoms with Gasteiger partial charge in [-0.05, 0) is 31.2 Å². The summed E-state index contributed by atoms with van der Waals surface area (Å²) in [5.41, 5.74) is 5.19.